The first kappa shape index (κ1) is 16.1. The number of hydrogen-bond acceptors (Lipinski definition) is 4. The van der Waals surface area contributed by atoms with Crippen LogP contribution < -0.4 is 10.1 Å². The summed E-state index contributed by atoms with van der Waals surface area (Å²) in [5, 5.41) is 5.94. The highest BCUT2D eigenvalue weighted by molar-refractivity contribution is 6.08. The first-order valence-electron chi connectivity index (χ1n) is 8.35. The molecule has 5 heteroatoms. The molecule has 0 aliphatic rings. The van der Waals surface area contributed by atoms with E-state index >= 15 is 0 Å². The molecule has 0 unspecified atom stereocenters. The van der Waals surface area contributed by atoms with E-state index in [-0.39, 0.29) is 5.91 Å². The number of carbonyl (C=O) groups excluding carboxylic acids is 1. The lowest BCUT2D eigenvalue weighted by Crippen LogP contribution is -2.23. The van der Waals surface area contributed by atoms with Crippen LogP contribution in [-0.4, -0.2) is 18.0 Å². The molecule has 130 valence electrons. The van der Waals surface area contributed by atoms with Gasteiger partial charge in [0.1, 0.15) is 5.58 Å². The molecule has 0 aliphatic carbocycles. The van der Waals surface area contributed by atoms with Gasteiger partial charge in [-0.25, -0.2) is 4.98 Å². The molecule has 0 saturated heterocycles. The summed E-state index contributed by atoms with van der Waals surface area (Å²) >= 11 is 0. The summed E-state index contributed by atoms with van der Waals surface area (Å²) in [6, 6.07) is 15.7. The number of hydrogen-bond donors (Lipinski definition) is 1. The predicted octanol–water partition coefficient (Wildman–Crippen LogP) is 4.23. The number of ether oxygens (including phenoxy) is 1. The number of pyridine rings is 1. The zero-order chi connectivity index (χ0) is 18.1. The largest absolute Gasteiger partial charge is 0.481 e. The predicted molar refractivity (Wildman–Crippen MR) is 100 cm³/mol. The van der Waals surface area contributed by atoms with Crippen molar-refractivity contribution in [3.05, 3.63) is 71.6 Å². The zero-order valence-electron chi connectivity index (χ0n) is 14.6. The van der Waals surface area contributed by atoms with Crippen LogP contribution >= 0.6 is 0 Å². The minimum Gasteiger partial charge on any atom is -0.481 e. The summed E-state index contributed by atoms with van der Waals surface area (Å²) in [4.78, 5) is 16.8. The van der Waals surface area contributed by atoms with Crippen LogP contribution in [0, 0.1) is 6.92 Å². The Morgan fingerprint density at radius 2 is 1.96 bits per heavy atom. The highest BCUT2D eigenvalue weighted by Crippen LogP contribution is 2.31. The van der Waals surface area contributed by atoms with E-state index in [1.807, 2.05) is 49.4 Å². The number of aryl methyl sites for hydroxylation is 1. The Balaban J connectivity index is 1.62. The molecule has 2 heterocycles. The van der Waals surface area contributed by atoms with E-state index in [0.29, 0.717) is 18.2 Å². The van der Waals surface area contributed by atoms with Gasteiger partial charge in [-0.05, 0) is 17.9 Å². The fourth-order valence-corrected chi connectivity index (χ4v) is 3.06. The van der Waals surface area contributed by atoms with Crippen LogP contribution in [0.1, 0.15) is 21.7 Å². The maximum atomic E-state index is 12.6. The molecule has 0 fully saturated rings. The molecule has 1 amide bonds. The van der Waals surface area contributed by atoms with Crippen LogP contribution in [0.5, 0.6) is 5.88 Å². The van der Waals surface area contributed by atoms with E-state index in [4.69, 9.17) is 9.15 Å². The summed E-state index contributed by atoms with van der Waals surface area (Å²) < 4.78 is 11.0. The number of aromatic nitrogens is 1. The summed E-state index contributed by atoms with van der Waals surface area (Å²) in [6.07, 6.45) is 1.68. The molecular weight excluding hydrogens is 328 g/mol. The lowest BCUT2D eigenvalue weighted by molar-refractivity contribution is 0.0924. The van der Waals surface area contributed by atoms with Crippen LogP contribution in [0.2, 0.25) is 0 Å². The van der Waals surface area contributed by atoms with Crippen LogP contribution in [0.25, 0.3) is 21.7 Å². The quantitative estimate of drug-likeness (QED) is 0.601. The molecule has 4 rings (SSSR count). The third-order valence-electron chi connectivity index (χ3n) is 4.49. The van der Waals surface area contributed by atoms with Gasteiger partial charge in [-0.15, -0.1) is 0 Å². The van der Waals surface area contributed by atoms with Crippen molar-refractivity contribution in [3.63, 3.8) is 0 Å². The number of fused-ring (bicyclic) bond motifs is 3. The molecule has 1 N–H and O–H groups in total. The van der Waals surface area contributed by atoms with Gasteiger partial charge in [0.2, 0.25) is 5.88 Å². The number of nitrogens with zero attached hydrogens (tertiary/aromatic N) is 1. The fourth-order valence-electron chi connectivity index (χ4n) is 3.06. The van der Waals surface area contributed by atoms with Crippen molar-refractivity contribution in [2.24, 2.45) is 0 Å². The molecule has 0 aliphatic heterocycles. The topological polar surface area (TPSA) is 64.4 Å². The normalized spacial score (nSPS) is 11.0. The van der Waals surface area contributed by atoms with E-state index in [0.717, 1.165) is 32.9 Å². The minimum absolute atomic E-state index is 0.237. The number of rotatable bonds is 4. The van der Waals surface area contributed by atoms with E-state index in [9.17, 15) is 4.79 Å². The Hall–Kier alpha value is -3.34. The van der Waals surface area contributed by atoms with E-state index in [2.05, 4.69) is 10.3 Å². The van der Waals surface area contributed by atoms with Gasteiger partial charge < -0.3 is 14.5 Å². The highest BCUT2D eigenvalue weighted by atomic mass is 16.5. The van der Waals surface area contributed by atoms with Crippen LogP contribution in [0.4, 0.5) is 0 Å². The molecule has 0 atom stereocenters. The van der Waals surface area contributed by atoms with Crippen molar-refractivity contribution in [2.45, 2.75) is 13.5 Å². The van der Waals surface area contributed by atoms with Gasteiger partial charge >= 0.3 is 0 Å². The van der Waals surface area contributed by atoms with Crippen LogP contribution in [-0.2, 0) is 6.54 Å². The van der Waals surface area contributed by atoms with Gasteiger partial charge in [0, 0.05) is 35.1 Å². The third-order valence-corrected chi connectivity index (χ3v) is 4.49. The minimum atomic E-state index is -0.237. The van der Waals surface area contributed by atoms with Gasteiger partial charge in [-0.1, -0.05) is 42.5 Å². The zero-order valence-corrected chi connectivity index (χ0v) is 14.6. The Bertz CT molecular complexity index is 1100. The lowest BCUT2D eigenvalue weighted by Gasteiger charge is -2.04. The SMILES string of the molecule is COc1ccc(CNC(=O)c2oc3c(ccc4ccccc43)c2C)cn1. The van der Waals surface area contributed by atoms with Crippen molar-refractivity contribution in [1.29, 1.82) is 0 Å². The molecule has 2 aromatic carbocycles. The van der Waals surface area contributed by atoms with Gasteiger partial charge in [0.15, 0.2) is 5.76 Å². The molecular formula is C21H18N2O3. The van der Waals surface area contributed by atoms with Gasteiger partial charge in [0.25, 0.3) is 5.91 Å². The van der Waals surface area contributed by atoms with Crippen molar-refractivity contribution >= 4 is 27.6 Å². The van der Waals surface area contributed by atoms with E-state index < -0.39 is 0 Å². The Morgan fingerprint density at radius 1 is 1.12 bits per heavy atom. The molecule has 0 bridgehead atoms. The molecule has 0 spiro atoms. The molecule has 0 radical (unpaired) electrons. The van der Waals surface area contributed by atoms with Crippen molar-refractivity contribution < 1.29 is 13.9 Å². The van der Waals surface area contributed by atoms with Gasteiger partial charge in [0.05, 0.1) is 7.11 Å². The summed E-state index contributed by atoms with van der Waals surface area (Å²) in [7, 11) is 1.57. The second kappa shape index (κ2) is 6.52. The summed E-state index contributed by atoms with van der Waals surface area (Å²) in [6.45, 7) is 2.28. The summed E-state index contributed by atoms with van der Waals surface area (Å²) in [5.41, 5.74) is 2.48. The smallest absolute Gasteiger partial charge is 0.287 e. The van der Waals surface area contributed by atoms with Gasteiger partial charge in [-0.3, -0.25) is 4.79 Å². The Morgan fingerprint density at radius 3 is 2.73 bits per heavy atom. The van der Waals surface area contributed by atoms with E-state index in [1.54, 1.807) is 19.4 Å². The first-order chi connectivity index (χ1) is 12.7. The third kappa shape index (κ3) is 2.77. The second-order valence-electron chi connectivity index (χ2n) is 6.11. The Labute approximate surface area is 150 Å². The number of furan rings is 1. The molecule has 4 aromatic rings. The van der Waals surface area contributed by atoms with Crippen molar-refractivity contribution in [1.82, 2.24) is 10.3 Å². The number of carbonyl (C=O) groups is 1. The number of nitrogens with one attached hydrogen (secondary N) is 1. The van der Waals surface area contributed by atoms with Gasteiger partial charge in [-0.2, -0.15) is 0 Å². The average molecular weight is 346 g/mol. The number of amides is 1. The molecule has 5 nitrogen and oxygen atoms in total. The summed E-state index contributed by atoms with van der Waals surface area (Å²) in [5.74, 6) is 0.650. The van der Waals surface area contributed by atoms with Crippen molar-refractivity contribution in [2.75, 3.05) is 7.11 Å². The average Bonchev–Trinajstić information content (AvgIpc) is 3.04. The van der Waals surface area contributed by atoms with Crippen LogP contribution in [0.15, 0.2) is 59.1 Å². The lowest BCUT2D eigenvalue weighted by atomic mass is 10.1. The van der Waals surface area contributed by atoms with E-state index in [1.165, 1.54) is 0 Å². The maximum absolute atomic E-state index is 12.6. The first-order valence-corrected chi connectivity index (χ1v) is 8.35. The molecule has 26 heavy (non-hydrogen) atoms. The Kier molecular flexibility index (Phi) is 4.05. The monoisotopic (exact) mass is 346 g/mol. The number of benzene rings is 2. The highest BCUT2D eigenvalue weighted by Gasteiger charge is 2.18. The molecule has 2 aromatic heterocycles. The van der Waals surface area contributed by atoms with Crippen LogP contribution in [0.3, 0.4) is 0 Å². The van der Waals surface area contributed by atoms with Crippen molar-refractivity contribution in [3.8, 4) is 5.88 Å². The molecule has 0 saturated carbocycles. The number of methoxy groups -OCH3 is 1. The maximum Gasteiger partial charge on any atom is 0.287 e. The fraction of sp³-hybridized carbons (Fsp3) is 0.143. The standard InChI is InChI=1S/C21H18N2O3/c1-13-16-9-8-15-5-3-4-6-17(15)20(16)26-19(13)21(24)23-12-14-7-10-18(25-2)22-11-14/h3-11H,12H2,1-2H3,(H,23,24). The second-order valence-corrected chi connectivity index (χ2v) is 6.11.